The van der Waals surface area contributed by atoms with E-state index < -0.39 is 0 Å². The van der Waals surface area contributed by atoms with E-state index in [1.807, 2.05) is 0 Å². The molecule has 1 atom stereocenters. The fraction of sp³-hybridized carbons (Fsp3) is 0.750. The number of nitrogens with zero attached hydrogens (tertiary/aromatic N) is 2. The Hall–Kier alpha value is -0.600. The summed E-state index contributed by atoms with van der Waals surface area (Å²) in [4.78, 5) is 4.93. The molecule has 1 saturated heterocycles. The second-order valence-corrected chi connectivity index (χ2v) is 6.11. The summed E-state index contributed by atoms with van der Waals surface area (Å²) in [7, 11) is 2.16. The highest BCUT2D eigenvalue weighted by atomic mass is 15.2. The summed E-state index contributed by atoms with van der Waals surface area (Å²) < 4.78 is 0. The lowest BCUT2D eigenvalue weighted by molar-refractivity contribution is 0.265. The van der Waals surface area contributed by atoms with Crippen LogP contribution < -0.4 is 0 Å². The third kappa shape index (κ3) is 3.96. The molecular weight excluding hydrogens is 220 g/mol. The molecule has 0 aromatic rings. The van der Waals surface area contributed by atoms with Gasteiger partial charge in [-0.1, -0.05) is 23.3 Å². The van der Waals surface area contributed by atoms with Gasteiger partial charge in [0.05, 0.1) is 0 Å². The van der Waals surface area contributed by atoms with Gasteiger partial charge in [0.1, 0.15) is 0 Å². The largest absolute Gasteiger partial charge is 0.302 e. The third-order valence-corrected chi connectivity index (χ3v) is 4.37. The van der Waals surface area contributed by atoms with Crippen LogP contribution in [-0.4, -0.2) is 49.1 Å². The maximum Gasteiger partial charge on any atom is 0.0168 e. The number of rotatable bonds is 0. The monoisotopic (exact) mass is 248 g/mol. The van der Waals surface area contributed by atoms with E-state index in [1.165, 1.54) is 45.3 Å². The molecule has 1 fully saturated rings. The van der Waals surface area contributed by atoms with Gasteiger partial charge in [0.15, 0.2) is 0 Å². The maximum absolute atomic E-state index is 2.60. The van der Waals surface area contributed by atoms with Crippen LogP contribution in [0.3, 0.4) is 0 Å². The lowest BCUT2D eigenvalue weighted by Gasteiger charge is -2.27. The van der Waals surface area contributed by atoms with Gasteiger partial charge in [-0.2, -0.15) is 0 Å². The van der Waals surface area contributed by atoms with Crippen LogP contribution in [0.2, 0.25) is 0 Å². The molecule has 0 radical (unpaired) electrons. The molecule has 1 unspecified atom stereocenters. The molecule has 0 bridgehead atoms. The molecule has 0 saturated carbocycles. The molecule has 0 aromatic carbocycles. The van der Waals surface area contributed by atoms with Crippen molar-refractivity contribution in [3.63, 3.8) is 0 Å². The minimum Gasteiger partial charge on any atom is -0.302 e. The average molecular weight is 248 g/mol. The summed E-state index contributed by atoms with van der Waals surface area (Å²) in [6.07, 6.45) is 10.1. The van der Waals surface area contributed by atoms with Crippen molar-refractivity contribution in [2.45, 2.75) is 45.6 Å². The molecule has 3 heterocycles. The minimum absolute atomic E-state index is 0.907. The van der Waals surface area contributed by atoms with E-state index in [2.05, 4.69) is 42.8 Å². The van der Waals surface area contributed by atoms with Crippen LogP contribution in [-0.2, 0) is 0 Å². The summed E-state index contributed by atoms with van der Waals surface area (Å²) in [5.74, 6) is 0. The Morgan fingerprint density at radius 2 is 1.83 bits per heavy atom. The molecule has 2 nitrogen and oxygen atoms in total. The molecule has 0 aliphatic carbocycles. The van der Waals surface area contributed by atoms with Crippen molar-refractivity contribution < 1.29 is 0 Å². The first kappa shape index (κ1) is 13.8. The standard InChI is InChI=1S/C9H15N.C7H13N/c1-8-4-6-10-5-2-3-9(10)7-8;1-7-3-5-8(2)6-4-7/h4,9H,2-3,5-7H2,1H3;3H,4-6H2,1-2H3. The normalized spacial score (nSPS) is 28.9. The van der Waals surface area contributed by atoms with Crippen molar-refractivity contribution >= 4 is 0 Å². The molecule has 18 heavy (non-hydrogen) atoms. The van der Waals surface area contributed by atoms with Gasteiger partial charge >= 0.3 is 0 Å². The fourth-order valence-corrected chi connectivity index (χ4v) is 2.97. The highest BCUT2D eigenvalue weighted by molar-refractivity contribution is 5.08. The summed E-state index contributed by atoms with van der Waals surface area (Å²) in [6.45, 7) is 9.40. The van der Waals surface area contributed by atoms with Crippen LogP contribution in [0.15, 0.2) is 23.3 Å². The second-order valence-electron chi connectivity index (χ2n) is 6.11. The van der Waals surface area contributed by atoms with Crippen LogP contribution in [0.1, 0.15) is 39.5 Å². The minimum atomic E-state index is 0.907. The van der Waals surface area contributed by atoms with Crippen LogP contribution in [0.25, 0.3) is 0 Å². The van der Waals surface area contributed by atoms with Gasteiger partial charge in [-0.3, -0.25) is 4.90 Å². The topological polar surface area (TPSA) is 6.48 Å². The molecule has 3 aliphatic heterocycles. The predicted octanol–water partition coefficient (Wildman–Crippen LogP) is 3.07. The lowest BCUT2D eigenvalue weighted by atomic mass is 10.0. The third-order valence-electron chi connectivity index (χ3n) is 4.37. The van der Waals surface area contributed by atoms with Crippen LogP contribution in [0.4, 0.5) is 0 Å². The van der Waals surface area contributed by atoms with Crippen LogP contribution in [0.5, 0.6) is 0 Å². The summed E-state index contributed by atoms with van der Waals surface area (Å²) in [5.41, 5.74) is 3.14. The average Bonchev–Trinajstić information content (AvgIpc) is 2.81. The van der Waals surface area contributed by atoms with E-state index >= 15 is 0 Å². The Morgan fingerprint density at radius 3 is 2.50 bits per heavy atom. The van der Waals surface area contributed by atoms with Crippen molar-refractivity contribution in [2.24, 2.45) is 0 Å². The maximum atomic E-state index is 2.60. The van der Waals surface area contributed by atoms with Gasteiger partial charge in [-0.25, -0.2) is 0 Å². The molecular formula is C16H28N2. The molecule has 102 valence electrons. The Kier molecular flexibility index (Phi) is 5.02. The first-order valence-electron chi connectivity index (χ1n) is 7.39. The smallest absolute Gasteiger partial charge is 0.0168 e. The van der Waals surface area contributed by atoms with Gasteiger partial charge in [-0.15, -0.1) is 0 Å². The number of likely N-dealkylation sites (N-methyl/N-ethyl adjacent to an activating group) is 1. The van der Waals surface area contributed by atoms with E-state index in [9.17, 15) is 0 Å². The summed E-state index contributed by atoms with van der Waals surface area (Å²) in [5, 5.41) is 0. The zero-order valence-electron chi connectivity index (χ0n) is 12.3. The van der Waals surface area contributed by atoms with Gasteiger partial charge in [0.2, 0.25) is 0 Å². The van der Waals surface area contributed by atoms with Crippen LogP contribution >= 0.6 is 0 Å². The predicted molar refractivity (Wildman–Crippen MR) is 78.8 cm³/mol. The van der Waals surface area contributed by atoms with E-state index in [0.29, 0.717) is 0 Å². The molecule has 3 aliphatic rings. The Labute approximate surface area is 112 Å². The fourth-order valence-electron chi connectivity index (χ4n) is 2.97. The highest BCUT2D eigenvalue weighted by Gasteiger charge is 2.25. The molecule has 3 rings (SSSR count). The molecule has 0 N–H and O–H groups in total. The number of hydrogen-bond donors (Lipinski definition) is 0. The first-order chi connectivity index (χ1) is 8.65. The van der Waals surface area contributed by atoms with Crippen molar-refractivity contribution in [3.05, 3.63) is 23.3 Å². The van der Waals surface area contributed by atoms with Gasteiger partial charge in [0.25, 0.3) is 0 Å². The van der Waals surface area contributed by atoms with Gasteiger partial charge in [-0.05, 0) is 53.1 Å². The van der Waals surface area contributed by atoms with Crippen molar-refractivity contribution in [1.82, 2.24) is 9.80 Å². The number of fused-ring (bicyclic) bond motifs is 1. The van der Waals surface area contributed by atoms with E-state index in [0.717, 1.165) is 12.6 Å². The lowest BCUT2D eigenvalue weighted by Crippen LogP contribution is -2.32. The van der Waals surface area contributed by atoms with Crippen LogP contribution in [0, 0.1) is 0 Å². The van der Waals surface area contributed by atoms with E-state index in [4.69, 9.17) is 0 Å². The highest BCUT2D eigenvalue weighted by Crippen LogP contribution is 2.26. The van der Waals surface area contributed by atoms with E-state index in [1.54, 1.807) is 11.1 Å². The molecule has 2 heteroatoms. The second kappa shape index (κ2) is 6.53. The molecule has 0 spiro atoms. The van der Waals surface area contributed by atoms with Gasteiger partial charge in [0, 0.05) is 25.7 Å². The molecule has 0 aromatic heterocycles. The summed E-state index contributed by atoms with van der Waals surface area (Å²) in [6, 6.07) is 0.907. The van der Waals surface area contributed by atoms with Gasteiger partial charge < -0.3 is 4.90 Å². The van der Waals surface area contributed by atoms with E-state index in [-0.39, 0.29) is 0 Å². The van der Waals surface area contributed by atoms with Crippen molar-refractivity contribution in [3.8, 4) is 0 Å². The Balaban J connectivity index is 0.000000138. The van der Waals surface area contributed by atoms with Crippen molar-refractivity contribution in [1.29, 1.82) is 0 Å². The quantitative estimate of drug-likeness (QED) is 0.608. The summed E-state index contributed by atoms with van der Waals surface area (Å²) >= 11 is 0. The number of hydrogen-bond acceptors (Lipinski definition) is 2. The SMILES string of the molecule is CC1=CCN(C)CC1.CC1=CCN2CCCC2C1. The zero-order chi connectivity index (χ0) is 13.0. The zero-order valence-corrected chi connectivity index (χ0v) is 12.3. The first-order valence-corrected chi connectivity index (χ1v) is 7.39. The molecule has 0 amide bonds. The van der Waals surface area contributed by atoms with Crippen molar-refractivity contribution in [2.75, 3.05) is 33.2 Å². The Bertz CT molecular complexity index is 330. The Morgan fingerprint density at radius 1 is 1.06 bits per heavy atom.